The minimum atomic E-state index is -0.161. The summed E-state index contributed by atoms with van der Waals surface area (Å²) < 4.78 is 5.32. The van der Waals surface area contributed by atoms with Crippen LogP contribution in [0.4, 0.5) is 0 Å². The summed E-state index contributed by atoms with van der Waals surface area (Å²) in [5.41, 5.74) is 10.4. The van der Waals surface area contributed by atoms with Crippen molar-refractivity contribution in [2.75, 3.05) is 7.11 Å². The van der Waals surface area contributed by atoms with Crippen LogP contribution in [0.3, 0.4) is 0 Å². The Labute approximate surface area is 151 Å². The van der Waals surface area contributed by atoms with Crippen molar-refractivity contribution < 1.29 is 9.53 Å². The molecule has 0 radical (unpaired) electrons. The first-order valence-corrected chi connectivity index (χ1v) is 9.08. The number of carbonyl (C=O) groups excluding carboxylic acids is 1. The normalized spacial score (nSPS) is 12.0. The van der Waals surface area contributed by atoms with E-state index >= 15 is 0 Å². The molecule has 0 fully saturated rings. The van der Waals surface area contributed by atoms with E-state index in [0.29, 0.717) is 0 Å². The van der Waals surface area contributed by atoms with Crippen LogP contribution in [0, 0.1) is 12.8 Å². The Hall–Kier alpha value is -2.29. The molecule has 0 aliphatic carbocycles. The second kappa shape index (κ2) is 9.26. The molecule has 0 bridgehead atoms. The van der Waals surface area contributed by atoms with Crippen LogP contribution in [-0.2, 0) is 11.2 Å². The molecule has 0 saturated carbocycles. The minimum Gasteiger partial charge on any atom is -0.497 e. The van der Waals surface area contributed by atoms with Crippen LogP contribution in [0.15, 0.2) is 42.5 Å². The first kappa shape index (κ1) is 19.0. The summed E-state index contributed by atoms with van der Waals surface area (Å²) in [6, 6.07) is 14.7. The largest absolute Gasteiger partial charge is 0.497 e. The van der Waals surface area contributed by atoms with Gasteiger partial charge in [-0.3, -0.25) is 4.79 Å². The molecular weight excluding hydrogens is 310 g/mol. The topological polar surface area (TPSA) is 52.3 Å². The highest BCUT2D eigenvalue weighted by molar-refractivity contribution is 5.76. The number of primary amides is 1. The quantitative estimate of drug-likeness (QED) is 0.707. The van der Waals surface area contributed by atoms with Gasteiger partial charge in [0.15, 0.2) is 0 Å². The number of methoxy groups -OCH3 is 1. The van der Waals surface area contributed by atoms with Crippen LogP contribution in [0.1, 0.15) is 43.7 Å². The average Bonchev–Trinajstić information content (AvgIpc) is 2.61. The molecule has 0 spiro atoms. The van der Waals surface area contributed by atoms with Gasteiger partial charge in [-0.1, -0.05) is 43.7 Å². The molecule has 2 aromatic rings. The van der Waals surface area contributed by atoms with Gasteiger partial charge in [0, 0.05) is 5.92 Å². The van der Waals surface area contributed by atoms with Crippen molar-refractivity contribution in [1.29, 1.82) is 0 Å². The highest BCUT2D eigenvalue weighted by atomic mass is 16.5. The smallest absolute Gasteiger partial charge is 0.220 e. The minimum absolute atomic E-state index is 0.0159. The van der Waals surface area contributed by atoms with E-state index in [9.17, 15) is 4.79 Å². The molecule has 0 saturated heterocycles. The molecular formula is C22H29NO2. The molecule has 0 aliphatic rings. The predicted molar refractivity (Wildman–Crippen MR) is 104 cm³/mol. The van der Waals surface area contributed by atoms with E-state index in [4.69, 9.17) is 10.5 Å². The number of aryl methyl sites for hydroxylation is 2. The van der Waals surface area contributed by atoms with Crippen LogP contribution >= 0.6 is 0 Å². The second-order valence-corrected chi connectivity index (χ2v) is 6.66. The molecule has 0 aliphatic heterocycles. The average molecular weight is 339 g/mol. The molecule has 2 N–H and O–H groups in total. The second-order valence-electron chi connectivity index (χ2n) is 6.66. The summed E-state index contributed by atoms with van der Waals surface area (Å²) in [6.07, 6.45) is 4.74. The van der Waals surface area contributed by atoms with E-state index in [1.807, 2.05) is 12.1 Å². The van der Waals surface area contributed by atoms with Crippen LogP contribution in [-0.4, -0.2) is 13.0 Å². The van der Waals surface area contributed by atoms with Crippen LogP contribution in [0.5, 0.6) is 5.75 Å². The molecule has 2 aromatic carbocycles. The van der Waals surface area contributed by atoms with Crippen molar-refractivity contribution in [2.45, 2.75) is 46.0 Å². The first-order valence-electron chi connectivity index (χ1n) is 9.08. The third-order valence-electron chi connectivity index (χ3n) is 4.73. The van der Waals surface area contributed by atoms with Crippen molar-refractivity contribution in [3.05, 3.63) is 53.6 Å². The summed E-state index contributed by atoms with van der Waals surface area (Å²) in [6.45, 7) is 4.23. The molecule has 134 valence electrons. The molecule has 1 atom stereocenters. The standard InChI is InChI=1S/C22H29NO2/c1-4-7-18(22(23)24)9-5-8-17-12-13-21(16(2)14-17)19-10-6-11-20(15-19)25-3/h6,10-15,18H,4-5,7-9H2,1-3H3,(H2,23,24). The highest BCUT2D eigenvalue weighted by Gasteiger charge is 2.13. The zero-order valence-electron chi connectivity index (χ0n) is 15.5. The summed E-state index contributed by atoms with van der Waals surface area (Å²) in [7, 11) is 1.69. The monoisotopic (exact) mass is 339 g/mol. The van der Waals surface area contributed by atoms with Crippen molar-refractivity contribution in [2.24, 2.45) is 11.7 Å². The molecule has 3 heteroatoms. The van der Waals surface area contributed by atoms with Gasteiger partial charge in [-0.15, -0.1) is 0 Å². The van der Waals surface area contributed by atoms with E-state index in [-0.39, 0.29) is 11.8 Å². The lowest BCUT2D eigenvalue weighted by Gasteiger charge is -2.13. The summed E-state index contributed by atoms with van der Waals surface area (Å²) in [4.78, 5) is 11.5. The van der Waals surface area contributed by atoms with Crippen molar-refractivity contribution in [3.8, 4) is 16.9 Å². The Morgan fingerprint density at radius 3 is 2.60 bits per heavy atom. The maximum absolute atomic E-state index is 11.5. The van der Waals surface area contributed by atoms with Gasteiger partial charge in [0.05, 0.1) is 7.11 Å². The predicted octanol–water partition coefficient (Wildman–Crippen LogP) is 4.89. The zero-order valence-corrected chi connectivity index (χ0v) is 15.5. The van der Waals surface area contributed by atoms with Crippen molar-refractivity contribution in [1.82, 2.24) is 0 Å². The molecule has 1 unspecified atom stereocenters. The van der Waals surface area contributed by atoms with E-state index < -0.39 is 0 Å². The van der Waals surface area contributed by atoms with E-state index in [1.54, 1.807) is 7.11 Å². The van der Waals surface area contributed by atoms with Gasteiger partial charge in [0.25, 0.3) is 0 Å². The van der Waals surface area contributed by atoms with E-state index in [1.165, 1.54) is 22.3 Å². The van der Waals surface area contributed by atoms with E-state index in [0.717, 1.165) is 37.9 Å². The number of rotatable bonds is 9. The number of hydrogen-bond donors (Lipinski definition) is 1. The number of hydrogen-bond acceptors (Lipinski definition) is 2. The summed E-state index contributed by atoms with van der Waals surface area (Å²) in [5, 5.41) is 0. The molecule has 0 heterocycles. The van der Waals surface area contributed by atoms with Crippen molar-refractivity contribution >= 4 is 5.91 Å². The fourth-order valence-electron chi connectivity index (χ4n) is 3.33. The van der Waals surface area contributed by atoms with Gasteiger partial charge in [0.2, 0.25) is 5.91 Å². The van der Waals surface area contributed by atoms with Gasteiger partial charge < -0.3 is 10.5 Å². The van der Waals surface area contributed by atoms with Crippen molar-refractivity contribution in [3.63, 3.8) is 0 Å². The number of benzene rings is 2. The number of carbonyl (C=O) groups is 1. The third kappa shape index (κ3) is 5.35. The Balaban J connectivity index is 2.02. The number of ether oxygens (including phenoxy) is 1. The van der Waals surface area contributed by atoms with Crippen LogP contribution < -0.4 is 10.5 Å². The van der Waals surface area contributed by atoms with Gasteiger partial charge in [-0.2, -0.15) is 0 Å². The Kier molecular flexibility index (Phi) is 7.05. The summed E-state index contributed by atoms with van der Waals surface area (Å²) in [5.74, 6) is 0.725. The molecule has 2 rings (SSSR count). The molecule has 1 amide bonds. The van der Waals surface area contributed by atoms with Gasteiger partial charge in [-0.25, -0.2) is 0 Å². The van der Waals surface area contributed by atoms with E-state index in [2.05, 4.69) is 44.2 Å². The lowest BCUT2D eigenvalue weighted by Crippen LogP contribution is -2.23. The van der Waals surface area contributed by atoms with Gasteiger partial charge >= 0.3 is 0 Å². The Morgan fingerprint density at radius 2 is 1.96 bits per heavy atom. The lowest BCUT2D eigenvalue weighted by molar-refractivity contribution is -0.122. The molecule has 0 aromatic heterocycles. The maximum atomic E-state index is 11.5. The van der Waals surface area contributed by atoms with Crippen LogP contribution in [0.25, 0.3) is 11.1 Å². The van der Waals surface area contributed by atoms with Gasteiger partial charge in [0.1, 0.15) is 5.75 Å². The molecule has 25 heavy (non-hydrogen) atoms. The zero-order chi connectivity index (χ0) is 18.2. The number of amides is 1. The van der Waals surface area contributed by atoms with Crippen LogP contribution in [0.2, 0.25) is 0 Å². The highest BCUT2D eigenvalue weighted by Crippen LogP contribution is 2.28. The third-order valence-corrected chi connectivity index (χ3v) is 4.73. The fraction of sp³-hybridized carbons (Fsp3) is 0.409. The molecule has 3 nitrogen and oxygen atoms in total. The maximum Gasteiger partial charge on any atom is 0.220 e. The summed E-state index contributed by atoms with van der Waals surface area (Å²) >= 11 is 0. The number of nitrogens with two attached hydrogens (primary N) is 1. The Bertz CT molecular complexity index is 709. The fourth-order valence-corrected chi connectivity index (χ4v) is 3.33. The lowest BCUT2D eigenvalue weighted by atomic mass is 9.93. The SMILES string of the molecule is CCCC(CCCc1ccc(-c2cccc(OC)c2)c(C)c1)C(N)=O. The Morgan fingerprint density at radius 1 is 1.16 bits per heavy atom. The first-order chi connectivity index (χ1) is 12.0. The van der Waals surface area contributed by atoms with Gasteiger partial charge in [-0.05, 0) is 67.0 Å².